The molecule has 2 unspecified atom stereocenters. The highest BCUT2D eigenvalue weighted by Gasteiger charge is 2.48. The van der Waals surface area contributed by atoms with Gasteiger partial charge in [0.25, 0.3) is 0 Å². The second-order valence-electron chi connectivity index (χ2n) is 6.09. The highest BCUT2D eigenvalue weighted by molar-refractivity contribution is 5.79. The predicted octanol–water partition coefficient (Wildman–Crippen LogP) is 0.693. The largest absolute Gasteiger partial charge is 0.480 e. The van der Waals surface area contributed by atoms with Crippen molar-refractivity contribution in [3.63, 3.8) is 0 Å². The van der Waals surface area contributed by atoms with Crippen LogP contribution in [-0.2, 0) is 9.53 Å². The Labute approximate surface area is 108 Å². The molecule has 0 amide bonds. The predicted molar refractivity (Wildman–Crippen MR) is 68.7 cm³/mol. The van der Waals surface area contributed by atoms with Crippen molar-refractivity contribution in [2.24, 2.45) is 0 Å². The van der Waals surface area contributed by atoms with Gasteiger partial charge in [-0.3, -0.25) is 9.69 Å². The summed E-state index contributed by atoms with van der Waals surface area (Å²) in [5, 5.41) is 12.4. The molecule has 1 heterocycles. The minimum absolute atomic E-state index is 0.00520. The average Bonchev–Trinajstić information content (AvgIpc) is 2.74. The number of aliphatic carboxylic acids is 1. The molecule has 0 aromatic rings. The van der Waals surface area contributed by atoms with Gasteiger partial charge in [0.05, 0.1) is 13.2 Å². The van der Waals surface area contributed by atoms with Crippen molar-refractivity contribution in [3.05, 3.63) is 0 Å². The van der Waals surface area contributed by atoms with Gasteiger partial charge in [-0.25, -0.2) is 0 Å². The second-order valence-corrected chi connectivity index (χ2v) is 6.09. The van der Waals surface area contributed by atoms with E-state index in [2.05, 4.69) is 24.1 Å². The summed E-state index contributed by atoms with van der Waals surface area (Å²) in [6.07, 6.45) is 2.33. The zero-order valence-corrected chi connectivity index (χ0v) is 11.5. The average molecular weight is 256 g/mol. The highest BCUT2D eigenvalue weighted by atomic mass is 16.5. The number of carboxylic acid groups (broad SMARTS) is 1. The lowest BCUT2D eigenvalue weighted by molar-refractivity contribution is -0.145. The van der Waals surface area contributed by atoms with Crippen LogP contribution >= 0.6 is 0 Å². The Morgan fingerprint density at radius 2 is 2.22 bits per heavy atom. The van der Waals surface area contributed by atoms with E-state index >= 15 is 0 Å². The number of hydrogen-bond acceptors (Lipinski definition) is 4. The maximum Gasteiger partial charge on any atom is 0.323 e. The van der Waals surface area contributed by atoms with E-state index in [1.165, 1.54) is 0 Å². The first-order chi connectivity index (χ1) is 8.41. The second kappa shape index (κ2) is 4.79. The smallest absolute Gasteiger partial charge is 0.323 e. The SMILES string of the molecule is CNC1(C(=O)O)CCC(N2CCOCC2(C)C)C1. The third kappa shape index (κ3) is 2.27. The Balaban J connectivity index is 2.10. The number of nitrogens with one attached hydrogen (secondary N) is 1. The molecule has 2 N–H and O–H groups in total. The van der Waals surface area contributed by atoms with E-state index in [0.717, 1.165) is 26.2 Å². The minimum atomic E-state index is -0.737. The summed E-state index contributed by atoms with van der Waals surface area (Å²) < 4.78 is 5.53. The molecule has 1 saturated carbocycles. The summed E-state index contributed by atoms with van der Waals surface area (Å²) in [5.41, 5.74) is -0.732. The lowest BCUT2D eigenvalue weighted by Gasteiger charge is -2.46. The number of rotatable bonds is 3. The Morgan fingerprint density at radius 1 is 1.50 bits per heavy atom. The lowest BCUT2D eigenvalue weighted by Crippen LogP contribution is -2.58. The van der Waals surface area contributed by atoms with Gasteiger partial charge in [0.15, 0.2) is 0 Å². The molecule has 5 heteroatoms. The maximum atomic E-state index is 11.4. The van der Waals surface area contributed by atoms with Crippen LogP contribution in [0, 0.1) is 0 Å². The van der Waals surface area contributed by atoms with Crippen LogP contribution in [-0.4, -0.2) is 59.9 Å². The number of morpholine rings is 1. The minimum Gasteiger partial charge on any atom is -0.480 e. The molecule has 18 heavy (non-hydrogen) atoms. The van der Waals surface area contributed by atoms with E-state index in [1.54, 1.807) is 7.05 Å². The van der Waals surface area contributed by atoms with Crippen LogP contribution in [0.4, 0.5) is 0 Å². The lowest BCUT2D eigenvalue weighted by atomic mass is 9.95. The number of ether oxygens (including phenoxy) is 1. The molecule has 0 bridgehead atoms. The van der Waals surface area contributed by atoms with Gasteiger partial charge in [-0.2, -0.15) is 0 Å². The van der Waals surface area contributed by atoms with Gasteiger partial charge in [0, 0.05) is 18.1 Å². The van der Waals surface area contributed by atoms with Crippen molar-refractivity contribution >= 4 is 5.97 Å². The zero-order chi connectivity index (χ0) is 13.4. The van der Waals surface area contributed by atoms with Crippen LogP contribution in [0.5, 0.6) is 0 Å². The van der Waals surface area contributed by atoms with Crippen LogP contribution in [0.1, 0.15) is 33.1 Å². The standard InChI is InChI=1S/C13H24N2O3/c1-12(2)9-18-7-6-15(12)10-4-5-13(8-10,14-3)11(16)17/h10,14H,4-9H2,1-3H3,(H,16,17). The van der Waals surface area contributed by atoms with Crippen molar-refractivity contribution in [1.29, 1.82) is 0 Å². The van der Waals surface area contributed by atoms with E-state index < -0.39 is 11.5 Å². The molecule has 2 aliphatic rings. The molecule has 0 radical (unpaired) electrons. The number of carbonyl (C=O) groups is 1. The van der Waals surface area contributed by atoms with Crippen LogP contribution in [0.15, 0.2) is 0 Å². The number of likely N-dealkylation sites (N-methyl/N-ethyl adjacent to an activating group) is 1. The van der Waals surface area contributed by atoms with E-state index in [9.17, 15) is 9.90 Å². The summed E-state index contributed by atoms with van der Waals surface area (Å²) >= 11 is 0. The molecule has 5 nitrogen and oxygen atoms in total. The Kier molecular flexibility index (Phi) is 3.67. The molecule has 0 aromatic carbocycles. The monoisotopic (exact) mass is 256 g/mol. The molecule has 1 aliphatic carbocycles. The summed E-state index contributed by atoms with van der Waals surface area (Å²) in [6.45, 7) is 6.72. The molecular formula is C13H24N2O3. The fraction of sp³-hybridized carbons (Fsp3) is 0.923. The zero-order valence-electron chi connectivity index (χ0n) is 11.5. The van der Waals surface area contributed by atoms with Crippen LogP contribution in [0.2, 0.25) is 0 Å². The fourth-order valence-electron chi connectivity index (χ4n) is 3.36. The van der Waals surface area contributed by atoms with Crippen molar-refractivity contribution in [2.75, 3.05) is 26.8 Å². The van der Waals surface area contributed by atoms with Crippen LogP contribution in [0.25, 0.3) is 0 Å². The molecule has 2 fully saturated rings. The Bertz CT molecular complexity index is 332. The number of nitrogens with zero attached hydrogens (tertiary/aromatic N) is 1. The summed E-state index contributed by atoms with van der Waals surface area (Å²) in [7, 11) is 1.75. The van der Waals surface area contributed by atoms with Crippen molar-refractivity contribution in [1.82, 2.24) is 10.2 Å². The number of hydrogen-bond donors (Lipinski definition) is 2. The van der Waals surface area contributed by atoms with Gasteiger partial charge >= 0.3 is 5.97 Å². The summed E-state index contributed by atoms with van der Waals surface area (Å²) in [6, 6.07) is 0.340. The molecule has 2 rings (SSSR count). The third-order valence-corrected chi connectivity index (χ3v) is 4.53. The summed E-state index contributed by atoms with van der Waals surface area (Å²) in [4.78, 5) is 13.9. The van der Waals surface area contributed by atoms with Gasteiger partial charge in [0.2, 0.25) is 0 Å². The van der Waals surface area contributed by atoms with Crippen LogP contribution in [0.3, 0.4) is 0 Å². The Morgan fingerprint density at radius 3 is 2.72 bits per heavy atom. The first-order valence-corrected chi connectivity index (χ1v) is 6.68. The molecule has 1 aliphatic heterocycles. The van der Waals surface area contributed by atoms with Crippen molar-refractivity contribution in [2.45, 2.75) is 50.2 Å². The van der Waals surface area contributed by atoms with Gasteiger partial charge in [0.1, 0.15) is 5.54 Å². The first kappa shape index (κ1) is 13.8. The van der Waals surface area contributed by atoms with Crippen LogP contribution < -0.4 is 5.32 Å². The third-order valence-electron chi connectivity index (χ3n) is 4.53. The normalized spacial score (nSPS) is 36.7. The van der Waals surface area contributed by atoms with E-state index in [4.69, 9.17) is 4.74 Å². The van der Waals surface area contributed by atoms with E-state index in [-0.39, 0.29) is 5.54 Å². The first-order valence-electron chi connectivity index (χ1n) is 6.68. The van der Waals surface area contributed by atoms with Gasteiger partial charge in [-0.15, -0.1) is 0 Å². The van der Waals surface area contributed by atoms with Crippen molar-refractivity contribution in [3.8, 4) is 0 Å². The summed E-state index contributed by atoms with van der Waals surface area (Å²) in [5.74, 6) is -0.724. The molecular weight excluding hydrogens is 232 g/mol. The van der Waals surface area contributed by atoms with E-state index in [1.807, 2.05) is 0 Å². The Hall–Kier alpha value is -0.650. The van der Waals surface area contributed by atoms with Gasteiger partial charge in [-0.05, 0) is 40.2 Å². The molecule has 1 saturated heterocycles. The highest BCUT2D eigenvalue weighted by Crippen LogP contribution is 2.36. The molecule has 2 atom stereocenters. The quantitative estimate of drug-likeness (QED) is 0.778. The topological polar surface area (TPSA) is 61.8 Å². The molecule has 0 aromatic heterocycles. The number of carboxylic acids is 1. The van der Waals surface area contributed by atoms with Crippen molar-refractivity contribution < 1.29 is 14.6 Å². The molecule has 0 spiro atoms. The molecule has 104 valence electrons. The fourth-order valence-corrected chi connectivity index (χ4v) is 3.36. The maximum absolute atomic E-state index is 11.4. The van der Waals surface area contributed by atoms with E-state index in [0.29, 0.717) is 18.9 Å². The van der Waals surface area contributed by atoms with Gasteiger partial charge < -0.3 is 15.2 Å². The van der Waals surface area contributed by atoms with Gasteiger partial charge in [-0.1, -0.05) is 0 Å².